The zero-order chi connectivity index (χ0) is 23.5. The number of hydrogen-bond donors (Lipinski definition) is 1. The molecule has 0 bridgehead atoms. The van der Waals surface area contributed by atoms with E-state index in [4.69, 9.17) is 9.72 Å². The Morgan fingerprint density at radius 1 is 1.09 bits per heavy atom. The fourth-order valence-electron chi connectivity index (χ4n) is 3.94. The lowest BCUT2D eigenvalue weighted by Gasteiger charge is -2.12. The van der Waals surface area contributed by atoms with E-state index in [-0.39, 0.29) is 11.8 Å². The van der Waals surface area contributed by atoms with E-state index in [1.54, 1.807) is 0 Å². The molecule has 176 valence electrons. The van der Waals surface area contributed by atoms with Gasteiger partial charge in [-0.2, -0.15) is 0 Å². The third-order valence-corrected chi connectivity index (χ3v) is 5.75. The number of carbonyl (C=O) groups excluding carboxylic acids is 1. The summed E-state index contributed by atoms with van der Waals surface area (Å²) in [7, 11) is 0. The molecule has 0 saturated heterocycles. The average molecular weight is 448 g/mol. The van der Waals surface area contributed by atoms with Crippen LogP contribution in [0.4, 0.5) is 0 Å². The van der Waals surface area contributed by atoms with Crippen LogP contribution in [0.2, 0.25) is 0 Å². The highest BCUT2D eigenvalue weighted by Gasteiger charge is 2.11. The van der Waals surface area contributed by atoms with Crippen LogP contribution in [0.1, 0.15) is 50.9 Å². The molecule has 2 aromatic carbocycles. The summed E-state index contributed by atoms with van der Waals surface area (Å²) in [6, 6.07) is 16.5. The smallest absolute Gasteiger partial charge is 0.222 e. The zero-order valence-electron chi connectivity index (χ0n) is 20.1. The Bertz CT molecular complexity index is 1040. The Hall–Kier alpha value is -3.08. The van der Waals surface area contributed by atoms with E-state index in [0.717, 1.165) is 68.7 Å². The van der Waals surface area contributed by atoms with Gasteiger partial charge in [0, 0.05) is 25.4 Å². The lowest BCUT2D eigenvalue weighted by Crippen LogP contribution is -2.28. The number of benzene rings is 2. The summed E-state index contributed by atoms with van der Waals surface area (Å²) >= 11 is 0. The van der Waals surface area contributed by atoms with Crippen molar-refractivity contribution in [3.8, 4) is 5.75 Å². The molecule has 33 heavy (non-hydrogen) atoms. The summed E-state index contributed by atoms with van der Waals surface area (Å²) in [5, 5.41) is 2.99. The van der Waals surface area contributed by atoms with Crippen molar-refractivity contribution in [3.05, 3.63) is 72.6 Å². The molecule has 1 heterocycles. The van der Waals surface area contributed by atoms with Gasteiger partial charge in [-0.1, -0.05) is 56.7 Å². The first kappa shape index (κ1) is 24.6. The number of aryl methyl sites for hydroxylation is 2. The molecule has 0 radical (unpaired) electrons. The van der Waals surface area contributed by atoms with Crippen LogP contribution in [0, 0.1) is 5.92 Å². The fraction of sp³-hybridized carbons (Fsp3) is 0.429. The Kier molecular flexibility index (Phi) is 9.55. The summed E-state index contributed by atoms with van der Waals surface area (Å²) in [5.74, 6) is 2.25. The zero-order valence-corrected chi connectivity index (χ0v) is 20.1. The van der Waals surface area contributed by atoms with Crippen molar-refractivity contribution in [2.45, 2.75) is 58.9 Å². The maximum absolute atomic E-state index is 11.7. The SMILES string of the molecule is C=CCc1ccccc1OCCCn1c(CCCCCNC(=O)C(C)C)nc2ccccc21. The van der Waals surface area contributed by atoms with Gasteiger partial charge in [-0.3, -0.25) is 4.79 Å². The van der Waals surface area contributed by atoms with Gasteiger partial charge < -0.3 is 14.6 Å². The van der Waals surface area contributed by atoms with E-state index < -0.39 is 0 Å². The number of nitrogens with zero attached hydrogens (tertiary/aromatic N) is 2. The van der Waals surface area contributed by atoms with Crippen LogP contribution in [0.25, 0.3) is 11.0 Å². The summed E-state index contributed by atoms with van der Waals surface area (Å²) in [4.78, 5) is 16.6. The predicted molar refractivity (Wildman–Crippen MR) is 136 cm³/mol. The third kappa shape index (κ3) is 7.21. The lowest BCUT2D eigenvalue weighted by molar-refractivity contribution is -0.123. The highest BCUT2D eigenvalue weighted by atomic mass is 16.5. The Morgan fingerprint density at radius 2 is 1.88 bits per heavy atom. The van der Waals surface area contributed by atoms with Gasteiger partial charge in [-0.15, -0.1) is 6.58 Å². The van der Waals surface area contributed by atoms with E-state index in [0.29, 0.717) is 6.61 Å². The summed E-state index contributed by atoms with van der Waals surface area (Å²) in [5.41, 5.74) is 3.41. The molecule has 1 aromatic heterocycles. The molecule has 0 atom stereocenters. The van der Waals surface area contributed by atoms with Crippen LogP contribution < -0.4 is 10.1 Å². The Morgan fingerprint density at radius 3 is 2.70 bits per heavy atom. The fourth-order valence-corrected chi connectivity index (χ4v) is 3.94. The highest BCUT2D eigenvalue weighted by molar-refractivity contribution is 5.77. The van der Waals surface area contributed by atoms with Gasteiger partial charge in [0.25, 0.3) is 0 Å². The molecule has 0 aliphatic heterocycles. The van der Waals surface area contributed by atoms with Crippen LogP contribution in [0.5, 0.6) is 5.75 Å². The van der Waals surface area contributed by atoms with Gasteiger partial charge in [0.1, 0.15) is 11.6 Å². The number of imidazole rings is 1. The van der Waals surface area contributed by atoms with Crippen LogP contribution in [-0.2, 0) is 24.2 Å². The number of nitrogens with one attached hydrogen (secondary N) is 1. The number of ether oxygens (including phenoxy) is 1. The lowest BCUT2D eigenvalue weighted by atomic mass is 10.1. The molecule has 0 aliphatic carbocycles. The molecular formula is C28H37N3O2. The maximum Gasteiger partial charge on any atom is 0.222 e. The minimum atomic E-state index is 0.0457. The van der Waals surface area contributed by atoms with Crippen molar-refractivity contribution in [2.24, 2.45) is 5.92 Å². The first-order valence-electron chi connectivity index (χ1n) is 12.1. The van der Waals surface area contributed by atoms with Crippen molar-refractivity contribution in [1.29, 1.82) is 0 Å². The highest BCUT2D eigenvalue weighted by Crippen LogP contribution is 2.21. The Labute approximate surface area is 197 Å². The number of hydrogen-bond acceptors (Lipinski definition) is 3. The number of aromatic nitrogens is 2. The molecule has 0 fully saturated rings. The molecule has 1 amide bonds. The van der Waals surface area contributed by atoms with Gasteiger partial charge in [0.05, 0.1) is 17.6 Å². The van der Waals surface area contributed by atoms with E-state index >= 15 is 0 Å². The van der Waals surface area contributed by atoms with Crippen molar-refractivity contribution in [3.63, 3.8) is 0 Å². The van der Waals surface area contributed by atoms with Crippen molar-refractivity contribution < 1.29 is 9.53 Å². The molecule has 0 unspecified atom stereocenters. The van der Waals surface area contributed by atoms with Crippen LogP contribution in [-0.4, -0.2) is 28.6 Å². The van der Waals surface area contributed by atoms with Crippen molar-refractivity contribution in [1.82, 2.24) is 14.9 Å². The van der Waals surface area contributed by atoms with E-state index in [9.17, 15) is 4.79 Å². The maximum atomic E-state index is 11.7. The second-order valence-corrected chi connectivity index (χ2v) is 8.73. The van der Waals surface area contributed by atoms with E-state index in [1.165, 1.54) is 11.1 Å². The summed E-state index contributed by atoms with van der Waals surface area (Å²) in [6.45, 7) is 9.97. The monoisotopic (exact) mass is 447 g/mol. The summed E-state index contributed by atoms with van der Waals surface area (Å²) < 4.78 is 8.43. The normalized spacial score (nSPS) is 11.1. The number of amides is 1. The van der Waals surface area contributed by atoms with Gasteiger partial charge in [0.15, 0.2) is 0 Å². The van der Waals surface area contributed by atoms with Crippen molar-refractivity contribution >= 4 is 16.9 Å². The summed E-state index contributed by atoms with van der Waals surface area (Å²) in [6.07, 6.45) is 7.71. The average Bonchev–Trinajstić information content (AvgIpc) is 3.17. The van der Waals surface area contributed by atoms with Gasteiger partial charge in [-0.05, 0) is 49.4 Å². The number of unbranched alkanes of at least 4 members (excludes halogenated alkanes) is 2. The van der Waals surface area contributed by atoms with Gasteiger partial charge >= 0.3 is 0 Å². The first-order valence-corrected chi connectivity index (χ1v) is 12.1. The van der Waals surface area contributed by atoms with E-state index in [2.05, 4.69) is 40.7 Å². The van der Waals surface area contributed by atoms with Crippen LogP contribution >= 0.6 is 0 Å². The number of carbonyl (C=O) groups is 1. The minimum absolute atomic E-state index is 0.0457. The van der Waals surface area contributed by atoms with Gasteiger partial charge in [-0.25, -0.2) is 4.98 Å². The molecular weight excluding hydrogens is 410 g/mol. The topological polar surface area (TPSA) is 56.1 Å². The number of para-hydroxylation sites is 3. The third-order valence-electron chi connectivity index (χ3n) is 5.75. The molecule has 5 nitrogen and oxygen atoms in total. The van der Waals surface area contributed by atoms with Gasteiger partial charge in [0.2, 0.25) is 5.91 Å². The van der Waals surface area contributed by atoms with Crippen LogP contribution in [0.15, 0.2) is 61.2 Å². The number of rotatable bonds is 14. The standard InChI is InChI=1S/C28H37N3O2/c1-4-13-23-14-7-10-17-26(23)33-21-12-20-31-25-16-9-8-15-24(25)30-27(31)18-6-5-11-19-29-28(32)22(2)3/h4,7-10,14-17,22H,1,5-6,11-13,18-21H2,2-3H3,(H,29,32). The second kappa shape index (κ2) is 12.8. The molecule has 3 rings (SSSR count). The molecule has 0 saturated carbocycles. The molecule has 1 N–H and O–H groups in total. The predicted octanol–water partition coefficient (Wildman–Crippen LogP) is 5.72. The molecule has 3 aromatic rings. The minimum Gasteiger partial charge on any atom is -0.493 e. The quantitative estimate of drug-likeness (QED) is 0.254. The molecule has 5 heteroatoms. The Balaban J connectivity index is 1.52. The van der Waals surface area contributed by atoms with E-state index in [1.807, 2.05) is 44.2 Å². The van der Waals surface area contributed by atoms with Crippen molar-refractivity contribution in [2.75, 3.05) is 13.2 Å². The number of fused-ring (bicyclic) bond motifs is 1. The van der Waals surface area contributed by atoms with Crippen LogP contribution in [0.3, 0.4) is 0 Å². The molecule has 0 aliphatic rings. The largest absolute Gasteiger partial charge is 0.493 e. The second-order valence-electron chi connectivity index (χ2n) is 8.73. The number of allylic oxidation sites excluding steroid dienone is 1. The first-order chi connectivity index (χ1) is 16.1. The molecule has 0 spiro atoms.